The lowest BCUT2D eigenvalue weighted by Gasteiger charge is -2.12. The van der Waals surface area contributed by atoms with Gasteiger partial charge in [-0.15, -0.1) is 0 Å². The van der Waals surface area contributed by atoms with E-state index in [0.29, 0.717) is 5.88 Å². The predicted molar refractivity (Wildman–Crippen MR) is 77.6 cm³/mol. The lowest BCUT2D eigenvalue weighted by Crippen LogP contribution is -2.07. The topological polar surface area (TPSA) is 34.1 Å². The molecule has 0 bridgehead atoms. The van der Waals surface area contributed by atoms with Crippen LogP contribution < -0.4 is 10.1 Å². The van der Waals surface area contributed by atoms with Crippen LogP contribution in [0.2, 0.25) is 0 Å². The van der Waals surface area contributed by atoms with E-state index in [4.69, 9.17) is 4.74 Å². The van der Waals surface area contributed by atoms with Crippen LogP contribution >= 0.6 is 0 Å². The molecule has 0 aliphatic carbocycles. The number of nitrogens with one attached hydrogen (secondary N) is 1. The Balaban J connectivity index is 2.33. The van der Waals surface area contributed by atoms with Gasteiger partial charge in [0.25, 0.3) is 0 Å². The first-order valence-corrected chi connectivity index (χ1v) is 6.68. The van der Waals surface area contributed by atoms with Gasteiger partial charge < -0.3 is 10.1 Å². The summed E-state index contributed by atoms with van der Waals surface area (Å²) < 4.78 is 19.2. The fraction of sp³-hybridized carbons (Fsp3) is 0.312. The van der Waals surface area contributed by atoms with E-state index in [1.54, 1.807) is 18.2 Å². The molecule has 20 heavy (non-hydrogen) atoms. The van der Waals surface area contributed by atoms with Gasteiger partial charge in [-0.05, 0) is 36.7 Å². The highest BCUT2D eigenvalue weighted by Crippen LogP contribution is 2.25. The van der Waals surface area contributed by atoms with Crippen molar-refractivity contribution in [2.24, 2.45) is 0 Å². The zero-order chi connectivity index (χ0) is 14.5. The van der Waals surface area contributed by atoms with Crippen LogP contribution in [0.4, 0.5) is 4.39 Å². The van der Waals surface area contributed by atoms with Crippen LogP contribution in [0.25, 0.3) is 0 Å². The Morgan fingerprint density at radius 2 is 2.00 bits per heavy atom. The van der Waals surface area contributed by atoms with Crippen molar-refractivity contribution in [2.75, 3.05) is 7.05 Å². The van der Waals surface area contributed by atoms with Crippen molar-refractivity contribution in [3.63, 3.8) is 0 Å². The molecule has 0 saturated heterocycles. The predicted octanol–water partition coefficient (Wildman–Crippen LogP) is 3.86. The minimum atomic E-state index is -0.389. The molecular weight excluding hydrogens is 255 g/mol. The molecule has 0 spiro atoms. The summed E-state index contributed by atoms with van der Waals surface area (Å²) in [7, 11) is 1.88. The number of hydrogen-bond donors (Lipinski definition) is 1. The molecule has 2 rings (SSSR count). The number of para-hydroxylation sites is 1. The van der Waals surface area contributed by atoms with Crippen molar-refractivity contribution in [3.8, 4) is 11.6 Å². The maximum Gasteiger partial charge on any atom is 0.219 e. The Hall–Kier alpha value is -1.94. The van der Waals surface area contributed by atoms with Crippen LogP contribution in [0.5, 0.6) is 11.6 Å². The summed E-state index contributed by atoms with van der Waals surface area (Å²) >= 11 is 0. The highest BCUT2D eigenvalue weighted by Gasteiger charge is 2.09. The molecule has 1 aromatic heterocycles. The van der Waals surface area contributed by atoms with E-state index in [9.17, 15) is 4.39 Å². The Bertz CT molecular complexity index is 584. The summed E-state index contributed by atoms with van der Waals surface area (Å²) in [6.07, 6.45) is 0. The number of pyridine rings is 1. The highest BCUT2D eigenvalue weighted by molar-refractivity contribution is 5.32. The van der Waals surface area contributed by atoms with E-state index in [2.05, 4.69) is 24.1 Å². The molecule has 0 saturated carbocycles. The molecule has 0 atom stereocenters. The van der Waals surface area contributed by atoms with Crippen LogP contribution in [0.3, 0.4) is 0 Å². The van der Waals surface area contributed by atoms with Crippen molar-refractivity contribution in [3.05, 3.63) is 53.5 Å². The van der Waals surface area contributed by atoms with Crippen molar-refractivity contribution >= 4 is 0 Å². The van der Waals surface area contributed by atoms with Crippen molar-refractivity contribution in [1.82, 2.24) is 10.3 Å². The quantitative estimate of drug-likeness (QED) is 0.899. The average molecular weight is 274 g/mol. The molecular formula is C16H19FN2O. The maximum absolute atomic E-state index is 13.6. The summed E-state index contributed by atoms with van der Waals surface area (Å²) in [5, 5.41) is 3.10. The van der Waals surface area contributed by atoms with Gasteiger partial charge in [-0.25, -0.2) is 9.37 Å². The second-order valence-electron chi connectivity index (χ2n) is 4.96. The first-order valence-electron chi connectivity index (χ1n) is 6.68. The van der Waals surface area contributed by atoms with Gasteiger partial charge in [0.15, 0.2) is 11.6 Å². The molecule has 4 heteroatoms. The third-order valence-corrected chi connectivity index (χ3v) is 2.91. The number of hydrogen-bond acceptors (Lipinski definition) is 3. The van der Waals surface area contributed by atoms with Crippen LogP contribution in [0.15, 0.2) is 36.4 Å². The molecule has 1 heterocycles. The molecule has 0 fully saturated rings. The SMILES string of the molecule is CNCc1cc(Oc2ccccc2F)nc(C(C)C)c1. The van der Waals surface area contributed by atoms with Gasteiger partial charge in [-0.3, -0.25) is 0 Å². The fourth-order valence-electron chi connectivity index (χ4n) is 1.88. The third-order valence-electron chi connectivity index (χ3n) is 2.91. The molecule has 0 aliphatic rings. The fourth-order valence-corrected chi connectivity index (χ4v) is 1.88. The van der Waals surface area contributed by atoms with E-state index in [0.717, 1.165) is 17.8 Å². The Kier molecular flexibility index (Phi) is 4.69. The molecule has 1 aromatic carbocycles. The average Bonchev–Trinajstić information content (AvgIpc) is 2.41. The van der Waals surface area contributed by atoms with Crippen LogP contribution in [-0.4, -0.2) is 12.0 Å². The zero-order valence-electron chi connectivity index (χ0n) is 12.0. The molecule has 0 radical (unpaired) electrons. The minimum absolute atomic E-state index is 0.191. The highest BCUT2D eigenvalue weighted by atomic mass is 19.1. The van der Waals surface area contributed by atoms with Gasteiger partial charge in [-0.2, -0.15) is 0 Å². The van der Waals surface area contributed by atoms with E-state index < -0.39 is 0 Å². The minimum Gasteiger partial charge on any atom is -0.436 e. The van der Waals surface area contributed by atoms with Crippen LogP contribution in [0.1, 0.15) is 31.0 Å². The first kappa shape index (κ1) is 14.5. The van der Waals surface area contributed by atoms with Crippen molar-refractivity contribution < 1.29 is 9.13 Å². The third kappa shape index (κ3) is 3.54. The lowest BCUT2D eigenvalue weighted by molar-refractivity contribution is 0.424. The summed E-state index contributed by atoms with van der Waals surface area (Å²) in [4.78, 5) is 4.43. The number of nitrogens with zero attached hydrogens (tertiary/aromatic N) is 1. The molecule has 3 nitrogen and oxygen atoms in total. The number of benzene rings is 1. The standard InChI is InChI=1S/C16H19FN2O/c1-11(2)14-8-12(10-18-3)9-16(19-14)20-15-7-5-4-6-13(15)17/h4-9,11,18H,10H2,1-3H3. The molecule has 0 aliphatic heterocycles. The molecule has 1 N–H and O–H groups in total. The van der Waals surface area contributed by atoms with Gasteiger partial charge in [0.2, 0.25) is 5.88 Å². The summed E-state index contributed by atoms with van der Waals surface area (Å²) in [5.41, 5.74) is 2.00. The molecule has 2 aromatic rings. The number of rotatable bonds is 5. The van der Waals surface area contributed by atoms with E-state index in [1.807, 2.05) is 19.2 Å². The van der Waals surface area contributed by atoms with Gasteiger partial charge >= 0.3 is 0 Å². The van der Waals surface area contributed by atoms with E-state index in [-0.39, 0.29) is 17.5 Å². The van der Waals surface area contributed by atoms with Gasteiger partial charge in [0, 0.05) is 18.3 Å². The summed E-state index contributed by atoms with van der Waals surface area (Å²) in [5.74, 6) is 0.511. The maximum atomic E-state index is 13.6. The number of aromatic nitrogens is 1. The van der Waals surface area contributed by atoms with Gasteiger partial charge in [0.05, 0.1) is 0 Å². The van der Waals surface area contributed by atoms with Crippen LogP contribution in [0, 0.1) is 5.82 Å². The molecule has 0 unspecified atom stereocenters. The monoisotopic (exact) mass is 274 g/mol. The van der Waals surface area contributed by atoms with Crippen molar-refractivity contribution in [1.29, 1.82) is 0 Å². The van der Waals surface area contributed by atoms with E-state index >= 15 is 0 Å². The van der Waals surface area contributed by atoms with Gasteiger partial charge in [-0.1, -0.05) is 26.0 Å². The Morgan fingerprint density at radius 3 is 2.65 bits per heavy atom. The molecule has 106 valence electrons. The smallest absolute Gasteiger partial charge is 0.219 e. The van der Waals surface area contributed by atoms with Gasteiger partial charge in [0.1, 0.15) is 0 Å². The van der Waals surface area contributed by atoms with E-state index in [1.165, 1.54) is 6.07 Å². The lowest BCUT2D eigenvalue weighted by atomic mass is 10.1. The second kappa shape index (κ2) is 6.48. The Labute approximate surface area is 118 Å². The summed E-state index contributed by atoms with van der Waals surface area (Å²) in [6.45, 7) is 4.85. The summed E-state index contributed by atoms with van der Waals surface area (Å²) in [6, 6.07) is 10.2. The van der Waals surface area contributed by atoms with Crippen LogP contribution in [-0.2, 0) is 6.54 Å². The largest absolute Gasteiger partial charge is 0.436 e. The second-order valence-corrected chi connectivity index (χ2v) is 4.96. The number of ether oxygens (including phenoxy) is 1. The number of halogens is 1. The normalized spacial score (nSPS) is 10.8. The van der Waals surface area contributed by atoms with Crippen molar-refractivity contribution in [2.45, 2.75) is 26.3 Å². The Morgan fingerprint density at radius 1 is 1.25 bits per heavy atom. The zero-order valence-corrected chi connectivity index (χ0v) is 12.0. The first-order chi connectivity index (χ1) is 9.60. The molecule has 0 amide bonds.